The van der Waals surface area contributed by atoms with E-state index < -0.39 is 5.72 Å². The third-order valence-corrected chi connectivity index (χ3v) is 2.06. The molecule has 0 unspecified atom stereocenters. The van der Waals surface area contributed by atoms with E-state index in [4.69, 9.17) is 16.3 Å². The molecule has 3 nitrogen and oxygen atoms in total. The predicted molar refractivity (Wildman–Crippen MR) is 42.5 cm³/mol. The fourth-order valence-electron chi connectivity index (χ4n) is 1.23. The van der Waals surface area contributed by atoms with Crippen LogP contribution in [0.1, 0.15) is 13.8 Å². The monoisotopic (exact) mass is 177 g/mol. The van der Waals surface area contributed by atoms with E-state index in [-0.39, 0.29) is 11.8 Å². The second kappa shape index (κ2) is 2.99. The molecule has 1 heterocycles. The number of amides is 1. The summed E-state index contributed by atoms with van der Waals surface area (Å²) >= 11 is 5.41. The van der Waals surface area contributed by atoms with Gasteiger partial charge in [-0.3, -0.25) is 4.79 Å². The summed E-state index contributed by atoms with van der Waals surface area (Å²) in [6.07, 6.45) is 0. The molecule has 0 aromatic rings. The van der Waals surface area contributed by atoms with Crippen molar-refractivity contribution in [3.05, 3.63) is 0 Å². The minimum atomic E-state index is -0.466. The van der Waals surface area contributed by atoms with Crippen molar-refractivity contribution in [3.63, 3.8) is 0 Å². The largest absolute Gasteiger partial charge is 0.354 e. The van der Waals surface area contributed by atoms with Crippen molar-refractivity contribution in [2.24, 2.45) is 0 Å². The van der Waals surface area contributed by atoms with Crippen molar-refractivity contribution in [2.45, 2.75) is 19.6 Å². The fraction of sp³-hybridized carbons (Fsp3) is 0.857. The van der Waals surface area contributed by atoms with Gasteiger partial charge in [-0.1, -0.05) is 0 Å². The third kappa shape index (κ3) is 1.65. The maximum absolute atomic E-state index is 11.1. The van der Waals surface area contributed by atoms with Gasteiger partial charge in [0.2, 0.25) is 5.91 Å². The lowest BCUT2D eigenvalue weighted by molar-refractivity contribution is -0.141. The molecule has 0 atom stereocenters. The highest BCUT2D eigenvalue weighted by Gasteiger charge is 2.35. The van der Waals surface area contributed by atoms with Gasteiger partial charge >= 0.3 is 0 Å². The molecule has 0 bridgehead atoms. The third-order valence-electron chi connectivity index (χ3n) is 1.84. The van der Waals surface area contributed by atoms with E-state index in [1.165, 1.54) is 0 Å². The number of rotatable bonds is 1. The van der Waals surface area contributed by atoms with E-state index in [0.717, 1.165) is 0 Å². The smallest absolute Gasteiger partial charge is 0.239 e. The summed E-state index contributed by atoms with van der Waals surface area (Å²) in [5, 5.41) is 0. The van der Waals surface area contributed by atoms with Gasteiger partial charge < -0.3 is 9.64 Å². The van der Waals surface area contributed by atoms with Gasteiger partial charge in [0.15, 0.2) is 0 Å². The van der Waals surface area contributed by atoms with Crippen molar-refractivity contribution in [1.29, 1.82) is 0 Å². The Balaban J connectivity index is 2.64. The zero-order chi connectivity index (χ0) is 8.48. The van der Waals surface area contributed by atoms with Gasteiger partial charge in [-0.15, -0.1) is 11.6 Å². The van der Waals surface area contributed by atoms with Crippen molar-refractivity contribution < 1.29 is 9.53 Å². The van der Waals surface area contributed by atoms with E-state index in [9.17, 15) is 4.79 Å². The van der Waals surface area contributed by atoms with Crippen molar-refractivity contribution in [2.75, 3.05) is 19.0 Å². The topological polar surface area (TPSA) is 29.5 Å². The molecule has 0 aromatic heterocycles. The Labute approximate surface area is 71.3 Å². The van der Waals surface area contributed by atoms with E-state index >= 15 is 0 Å². The second-order valence-corrected chi connectivity index (χ2v) is 3.24. The number of ether oxygens (including phenoxy) is 1. The summed E-state index contributed by atoms with van der Waals surface area (Å²) < 4.78 is 5.32. The van der Waals surface area contributed by atoms with Crippen molar-refractivity contribution in [1.82, 2.24) is 4.90 Å². The number of carbonyl (C=O) groups excluding carboxylic acids is 1. The molecule has 1 aliphatic heterocycles. The molecule has 0 aliphatic carbocycles. The van der Waals surface area contributed by atoms with Crippen LogP contribution in [-0.2, 0) is 9.53 Å². The van der Waals surface area contributed by atoms with Crippen molar-refractivity contribution in [3.8, 4) is 0 Å². The Morgan fingerprint density at radius 3 is 2.73 bits per heavy atom. The highest BCUT2D eigenvalue weighted by atomic mass is 35.5. The SMILES string of the molecule is CC1(C)OCCN1C(=O)CCl. The first-order valence-corrected chi connectivity index (χ1v) is 4.12. The number of nitrogens with zero attached hydrogens (tertiary/aromatic N) is 1. The van der Waals surface area contributed by atoms with Gasteiger partial charge in [-0.05, 0) is 13.8 Å². The molecule has 0 spiro atoms. The van der Waals surface area contributed by atoms with Crippen LogP contribution in [0.15, 0.2) is 0 Å². The Hall–Kier alpha value is -0.280. The number of halogens is 1. The molecule has 1 aliphatic rings. The summed E-state index contributed by atoms with van der Waals surface area (Å²) in [7, 11) is 0. The molecule has 0 radical (unpaired) electrons. The van der Waals surface area contributed by atoms with Gasteiger partial charge in [-0.2, -0.15) is 0 Å². The minimum absolute atomic E-state index is 0.0345. The molecule has 1 fully saturated rings. The average Bonchev–Trinajstić information content (AvgIpc) is 2.28. The van der Waals surface area contributed by atoms with E-state index in [0.29, 0.717) is 13.2 Å². The summed E-state index contributed by atoms with van der Waals surface area (Å²) in [6.45, 7) is 4.99. The lowest BCUT2D eigenvalue weighted by Gasteiger charge is -2.29. The van der Waals surface area contributed by atoms with Gasteiger partial charge in [0, 0.05) is 6.54 Å². The zero-order valence-corrected chi connectivity index (χ0v) is 7.52. The molecule has 0 N–H and O–H groups in total. The van der Waals surface area contributed by atoms with E-state index in [2.05, 4.69) is 0 Å². The van der Waals surface area contributed by atoms with Crippen LogP contribution in [0.5, 0.6) is 0 Å². The molecule has 64 valence electrons. The number of hydrogen-bond acceptors (Lipinski definition) is 2. The lowest BCUT2D eigenvalue weighted by atomic mass is 10.3. The van der Waals surface area contributed by atoms with Crippen LogP contribution >= 0.6 is 11.6 Å². The van der Waals surface area contributed by atoms with Gasteiger partial charge in [0.1, 0.15) is 11.6 Å². The lowest BCUT2D eigenvalue weighted by Crippen LogP contribution is -2.44. The predicted octanol–water partition coefficient (Wildman–Crippen LogP) is 0.820. The maximum Gasteiger partial charge on any atom is 0.239 e. The van der Waals surface area contributed by atoms with Gasteiger partial charge in [0.25, 0.3) is 0 Å². The number of hydrogen-bond donors (Lipinski definition) is 0. The molecular weight excluding hydrogens is 166 g/mol. The Bertz CT molecular complexity index is 170. The normalized spacial score (nSPS) is 22.3. The first kappa shape index (κ1) is 8.81. The van der Waals surface area contributed by atoms with E-state index in [1.807, 2.05) is 13.8 Å². The van der Waals surface area contributed by atoms with Crippen LogP contribution in [0.2, 0.25) is 0 Å². The fourth-order valence-corrected chi connectivity index (χ4v) is 1.38. The van der Waals surface area contributed by atoms with Crippen LogP contribution in [0.3, 0.4) is 0 Å². The molecule has 1 amide bonds. The van der Waals surface area contributed by atoms with Gasteiger partial charge in [0.05, 0.1) is 6.61 Å². The standard InChI is InChI=1S/C7H12ClNO2/c1-7(2)9(3-4-11-7)6(10)5-8/h3-5H2,1-2H3. The summed E-state index contributed by atoms with van der Waals surface area (Å²) in [5.74, 6) is -0.0264. The van der Waals surface area contributed by atoms with Crippen LogP contribution in [0.25, 0.3) is 0 Å². The van der Waals surface area contributed by atoms with Crippen LogP contribution in [0.4, 0.5) is 0 Å². The zero-order valence-electron chi connectivity index (χ0n) is 6.76. The summed E-state index contributed by atoms with van der Waals surface area (Å²) in [4.78, 5) is 12.8. The molecule has 1 rings (SSSR count). The molecule has 0 saturated carbocycles. The Morgan fingerprint density at radius 2 is 2.36 bits per heavy atom. The van der Waals surface area contributed by atoms with Crippen molar-refractivity contribution >= 4 is 17.5 Å². The summed E-state index contributed by atoms with van der Waals surface area (Å²) in [6, 6.07) is 0. The quantitative estimate of drug-likeness (QED) is 0.555. The molecule has 4 heteroatoms. The average molecular weight is 178 g/mol. The second-order valence-electron chi connectivity index (χ2n) is 2.97. The minimum Gasteiger partial charge on any atom is -0.354 e. The number of carbonyl (C=O) groups is 1. The number of alkyl halides is 1. The molecular formula is C7H12ClNO2. The highest BCUT2D eigenvalue weighted by molar-refractivity contribution is 6.27. The Kier molecular flexibility index (Phi) is 2.40. The first-order valence-electron chi connectivity index (χ1n) is 3.58. The van der Waals surface area contributed by atoms with Crippen LogP contribution in [0, 0.1) is 0 Å². The molecule has 0 aromatic carbocycles. The summed E-state index contributed by atoms with van der Waals surface area (Å²) in [5.41, 5.74) is -0.466. The first-order chi connectivity index (χ1) is 5.08. The highest BCUT2D eigenvalue weighted by Crippen LogP contribution is 2.21. The van der Waals surface area contributed by atoms with Crippen LogP contribution in [-0.4, -0.2) is 35.6 Å². The van der Waals surface area contributed by atoms with Gasteiger partial charge in [-0.25, -0.2) is 0 Å². The Morgan fingerprint density at radius 1 is 1.73 bits per heavy atom. The van der Waals surface area contributed by atoms with E-state index in [1.54, 1.807) is 4.90 Å². The molecule has 11 heavy (non-hydrogen) atoms. The maximum atomic E-state index is 11.1. The molecule has 1 saturated heterocycles. The van der Waals surface area contributed by atoms with Crippen LogP contribution < -0.4 is 0 Å².